The lowest BCUT2D eigenvalue weighted by atomic mass is 10.1. The maximum atomic E-state index is 11.7. The third-order valence-corrected chi connectivity index (χ3v) is 3.13. The Labute approximate surface area is 112 Å². The van der Waals surface area contributed by atoms with E-state index < -0.39 is 0 Å². The molecule has 2 nitrogen and oxygen atoms in total. The van der Waals surface area contributed by atoms with Crippen molar-refractivity contribution in [3.63, 3.8) is 0 Å². The second-order valence-corrected chi connectivity index (χ2v) is 5.57. The lowest BCUT2D eigenvalue weighted by molar-refractivity contribution is 0.0953. The van der Waals surface area contributed by atoms with E-state index in [1.165, 1.54) is 12.8 Å². The second-order valence-electron chi connectivity index (χ2n) is 4.65. The molecule has 1 rings (SSSR count). The molecule has 0 aliphatic carbocycles. The summed E-state index contributed by atoms with van der Waals surface area (Å²) in [5, 5.41) is 2.94. The molecule has 0 radical (unpaired) electrons. The van der Waals surface area contributed by atoms with Crippen LogP contribution in [-0.2, 0) is 0 Å². The van der Waals surface area contributed by atoms with E-state index in [1.54, 1.807) is 0 Å². The molecular weight excluding hydrogens is 278 g/mol. The first-order valence-corrected chi connectivity index (χ1v) is 6.92. The Balaban J connectivity index is 2.23. The van der Waals surface area contributed by atoms with E-state index in [9.17, 15) is 4.79 Å². The van der Waals surface area contributed by atoms with Crippen LogP contribution in [-0.4, -0.2) is 12.5 Å². The number of nitrogens with one attached hydrogen (secondary N) is 1. The van der Waals surface area contributed by atoms with Crippen molar-refractivity contribution < 1.29 is 4.79 Å². The Bertz CT molecular complexity index is 346. The highest BCUT2D eigenvalue weighted by molar-refractivity contribution is 9.10. The maximum absolute atomic E-state index is 11.7. The number of unbranched alkanes of at least 4 members (excludes halogenated alkanes) is 1. The summed E-state index contributed by atoms with van der Waals surface area (Å²) in [6, 6.07) is 7.42. The highest BCUT2D eigenvalue weighted by atomic mass is 79.9. The molecule has 3 heteroatoms. The molecule has 0 aromatic heterocycles. The van der Waals surface area contributed by atoms with Gasteiger partial charge in [-0.3, -0.25) is 4.79 Å². The first-order chi connectivity index (χ1) is 8.09. The van der Waals surface area contributed by atoms with E-state index in [4.69, 9.17) is 0 Å². The topological polar surface area (TPSA) is 29.1 Å². The molecule has 1 N–H and O–H groups in total. The number of benzene rings is 1. The molecule has 0 heterocycles. The van der Waals surface area contributed by atoms with Gasteiger partial charge < -0.3 is 5.32 Å². The molecule has 0 saturated heterocycles. The third kappa shape index (κ3) is 5.87. The van der Waals surface area contributed by atoms with Gasteiger partial charge in [-0.25, -0.2) is 0 Å². The molecule has 0 bridgehead atoms. The number of halogens is 1. The van der Waals surface area contributed by atoms with Gasteiger partial charge in [0.1, 0.15) is 0 Å². The monoisotopic (exact) mass is 297 g/mol. The van der Waals surface area contributed by atoms with E-state index in [-0.39, 0.29) is 5.91 Å². The van der Waals surface area contributed by atoms with E-state index in [0.717, 1.165) is 28.9 Å². The van der Waals surface area contributed by atoms with Crippen LogP contribution in [0.15, 0.2) is 28.7 Å². The lowest BCUT2D eigenvalue weighted by Crippen LogP contribution is -2.24. The van der Waals surface area contributed by atoms with Crippen molar-refractivity contribution in [2.75, 3.05) is 6.54 Å². The zero-order valence-corrected chi connectivity index (χ0v) is 12.1. The predicted octanol–water partition coefficient (Wildman–Crippen LogP) is 4.01. The number of amides is 1. The fourth-order valence-corrected chi connectivity index (χ4v) is 1.85. The molecule has 0 spiro atoms. The highest BCUT2D eigenvalue weighted by Crippen LogP contribution is 2.10. The Morgan fingerprint density at radius 2 is 1.88 bits per heavy atom. The Hall–Kier alpha value is -0.830. The van der Waals surface area contributed by atoms with Gasteiger partial charge in [0.2, 0.25) is 0 Å². The molecule has 17 heavy (non-hydrogen) atoms. The molecule has 1 aromatic rings. The molecule has 94 valence electrons. The number of carbonyl (C=O) groups is 1. The van der Waals surface area contributed by atoms with Crippen molar-refractivity contribution >= 4 is 21.8 Å². The molecular formula is C14H20BrNO. The van der Waals surface area contributed by atoms with Gasteiger partial charge in [0, 0.05) is 16.6 Å². The SMILES string of the molecule is CC(C)CCCCNC(=O)c1ccc(Br)cc1. The van der Waals surface area contributed by atoms with E-state index in [2.05, 4.69) is 35.1 Å². The quantitative estimate of drug-likeness (QED) is 0.790. The van der Waals surface area contributed by atoms with Crippen LogP contribution in [0.2, 0.25) is 0 Å². The maximum Gasteiger partial charge on any atom is 0.251 e. The summed E-state index contributed by atoms with van der Waals surface area (Å²) in [5.41, 5.74) is 0.719. The Kier molecular flexibility index (Phi) is 6.27. The minimum atomic E-state index is 0.0158. The summed E-state index contributed by atoms with van der Waals surface area (Å²) < 4.78 is 0.992. The molecule has 1 aromatic carbocycles. The highest BCUT2D eigenvalue weighted by Gasteiger charge is 2.03. The van der Waals surface area contributed by atoms with Gasteiger partial charge in [-0.2, -0.15) is 0 Å². The van der Waals surface area contributed by atoms with Crippen LogP contribution in [0.4, 0.5) is 0 Å². The van der Waals surface area contributed by atoms with Crippen LogP contribution in [0.3, 0.4) is 0 Å². The van der Waals surface area contributed by atoms with Gasteiger partial charge in [0.25, 0.3) is 5.91 Å². The van der Waals surface area contributed by atoms with Gasteiger partial charge >= 0.3 is 0 Å². The number of rotatable bonds is 6. The van der Waals surface area contributed by atoms with Gasteiger partial charge in [-0.15, -0.1) is 0 Å². The fraction of sp³-hybridized carbons (Fsp3) is 0.500. The first kappa shape index (κ1) is 14.2. The van der Waals surface area contributed by atoms with E-state index >= 15 is 0 Å². The summed E-state index contributed by atoms with van der Waals surface area (Å²) in [5.74, 6) is 0.763. The summed E-state index contributed by atoms with van der Waals surface area (Å²) in [4.78, 5) is 11.7. The van der Waals surface area contributed by atoms with Gasteiger partial charge in [-0.1, -0.05) is 42.6 Å². The average molecular weight is 298 g/mol. The summed E-state index contributed by atoms with van der Waals surface area (Å²) in [6.45, 7) is 5.21. The van der Waals surface area contributed by atoms with Crippen molar-refractivity contribution in [2.45, 2.75) is 33.1 Å². The zero-order valence-electron chi connectivity index (χ0n) is 10.5. The van der Waals surface area contributed by atoms with Crippen LogP contribution in [0.1, 0.15) is 43.5 Å². The van der Waals surface area contributed by atoms with Crippen molar-refractivity contribution in [3.05, 3.63) is 34.3 Å². The van der Waals surface area contributed by atoms with E-state index in [1.807, 2.05) is 24.3 Å². The Morgan fingerprint density at radius 1 is 1.24 bits per heavy atom. The smallest absolute Gasteiger partial charge is 0.251 e. The van der Waals surface area contributed by atoms with Crippen molar-refractivity contribution in [1.29, 1.82) is 0 Å². The third-order valence-electron chi connectivity index (χ3n) is 2.60. The number of hydrogen-bond donors (Lipinski definition) is 1. The van der Waals surface area contributed by atoms with Crippen molar-refractivity contribution in [1.82, 2.24) is 5.32 Å². The minimum absolute atomic E-state index is 0.0158. The lowest BCUT2D eigenvalue weighted by Gasteiger charge is -2.06. The molecule has 0 aliphatic rings. The number of hydrogen-bond acceptors (Lipinski definition) is 1. The van der Waals surface area contributed by atoms with E-state index in [0.29, 0.717) is 0 Å². The molecule has 1 amide bonds. The largest absolute Gasteiger partial charge is 0.352 e. The molecule has 0 saturated carbocycles. The van der Waals surface area contributed by atoms with Gasteiger partial charge in [0.15, 0.2) is 0 Å². The molecule has 0 aliphatic heterocycles. The van der Waals surface area contributed by atoms with Gasteiger partial charge in [0.05, 0.1) is 0 Å². The Morgan fingerprint density at radius 3 is 2.47 bits per heavy atom. The molecule has 0 atom stereocenters. The van der Waals surface area contributed by atoms with Crippen molar-refractivity contribution in [3.8, 4) is 0 Å². The summed E-state index contributed by atoms with van der Waals surface area (Å²) in [6.07, 6.45) is 3.47. The second kappa shape index (κ2) is 7.49. The summed E-state index contributed by atoms with van der Waals surface area (Å²) in [7, 11) is 0. The van der Waals surface area contributed by atoms with Gasteiger partial charge in [-0.05, 0) is 36.6 Å². The van der Waals surface area contributed by atoms with Crippen LogP contribution < -0.4 is 5.32 Å². The molecule has 0 unspecified atom stereocenters. The first-order valence-electron chi connectivity index (χ1n) is 6.13. The van der Waals surface area contributed by atoms with Crippen molar-refractivity contribution in [2.24, 2.45) is 5.92 Å². The zero-order chi connectivity index (χ0) is 12.7. The predicted molar refractivity (Wildman–Crippen MR) is 75.2 cm³/mol. The number of carbonyl (C=O) groups excluding carboxylic acids is 1. The van der Waals surface area contributed by atoms with Crippen LogP contribution in [0, 0.1) is 5.92 Å². The summed E-state index contributed by atoms with van der Waals surface area (Å²) >= 11 is 3.35. The fourth-order valence-electron chi connectivity index (χ4n) is 1.58. The average Bonchev–Trinajstić information content (AvgIpc) is 2.29. The normalized spacial score (nSPS) is 10.6. The molecule has 0 fully saturated rings. The minimum Gasteiger partial charge on any atom is -0.352 e. The van der Waals surface area contributed by atoms with Crippen LogP contribution >= 0.6 is 15.9 Å². The standard InChI is InChI=1S/C14H20BrNO/c1-11(2)5-3-4-10-16-14(17)12-6-8-13(15)9-7-12/h6-9,11H,3-5,10H2,1-2H3,(H,16,17). The van der Waals surface area contributed by atoms with Crippen LogP contribution in [0.5, 0.6) is 0 Å². The van der Waals surface area contributed by atoms with Crippen LogP contribution in [0.25, 0.3) is 0 Å².